The van der Waals surface area contributed by atoms with E-state index in [1.54, 1.807) is 17.1 Å². The van der Waals surface area contributed by atoms with Crippen LogP contribution in [-0.2, 0) is 7.05 Å². The Bertz CT molecular complexity index is 972. The molecule has 9 heteroatoms. The lowest BCUT2D eigenvalue weighted by atomic mass is 10.1. The van der Waals surface area contributed by atoms with Gasteiger partial charge in [-0.05, 0) is 24.6 Å². The maximum absolute atomic E-state index is 6.36. The van der Waals surface area contributed by atoms with Crippen LogP contribution in [-0.4, -0.2) is 33.0 Å². The SMILES string of the molecule is C[C@@H](c1ccc2c(c1)OCCO2)N(N)c1nc(-c2cnn(C)c2)cnc1N. The van der Waals surface area contributed by atoms with Crippen molar-refractivity contribution in [3.8, 4) is 22.8 Å². The Balaban J connectivity index is 1.64. The summed E-state index contributed by atoms with van der Waals surface area (Å²) in [5.74, 6) is 8.46. The number of nitrogens with two attached hydrogens (primary N) is 2. The maximum atomic E-state index is 6.36. The summed E-state index contributed by atoms with van der Waals surface area (Å²) >= 11 is 0. The molecule has 0 saturated heterocycles. The zero-order valence-corrected chi connectivity index (χ0v) is 15.2. The molecule has 4 rings (SSSR count). The van der Waals surface area contributed by atoms with Crippen LogP contribution in [0.3, 0.4) is 0 Å². The van der Waals surface area contributed by atoms with Crippen LogP contribution in [0.5, 0.6) is 11.5 Å². The van der Waals surface area contributed by atoms with E-state index in [2.05, 4.69) is 15.1 Å². The summed E-state index contributed by atoms with van der Waals surface area (Å²) in [6, 6.07) is 5.55. The van der Waals surface area contributed by atoms with Gasteiger partial charge in [0, 0.05) is 18.8 Å². The van der Waals surface area contributed by atoms with Gasteiger partial charge in [-0.1, -0.05) is 6.07 Å². The van der Waals surface area contributed by atoms with Gasteiger partial charge in [0.25, 0.3) is 0 Å². The minimum atomic E-state index is -0.207. The van der Waals surface area contributed by atoms with Gasteiger partial charge in [-0.2, -0.15) is 5.10 Å². The smallest absolute Gasteiger partial charge is 0.186 e. The fourth-order valence-corrected chi connectivity index (χ4v) is 2.94. The Hall–Kier alpha value is -3.33. The van der Waals surface area contributed by atoms with E-state index in [-0.39, 0.29) is 11.9 Å². The van der Waals surface area contributed by atoms with E-state index in [1.807, 2.05) is 38.4 Å². The number of benzene rings is 1. The van der Waals surface area contributed by atoms with E-state index in [0.717, 1.165) is 16.9 Å². The highest BCUT2D eigenvalue weighted by atomic mass is 16.6. The largest absolute Gasteiger partial charge is 0.486 e. The lowest BCUT2D eigenvalue weighted by Crippen LogP contribution is -2.35. The number of hydrogen-bond acceptors (Lipinski definition) is 8. The van der Waals surface area contributed by atoms with E-state index < -0.39 is 0 Å². The van der Waals surface area contributed by atoms with Crippen LogP contribution in [0.4, 0.5) is 11.6 Å². The second-order valence-corrected chi connectivity index (χ2v) is 6.35. The molecule has 0 aliphatic carbocycles. The summed E-state index contributed by atoms with van der Waals surface area (Å²) in [6.45, 7) is 3.05. The van der Waals surface area contributed by atoms with Crippen molar-refractivity contribution in [3.05, 3.63) is 42.4 Å². The van der Waals surface area contributed by atoms with Crippen LogP contribution < -0.4 is 26.1 Å². The second kappa shape index (κ2) is 6.76. The number of rotatable bonds is 4. The molecule has 0 spiro atoms. The number of aromatic nitrogens is 4. The predicted molar refractivity (Wildman–Crippen MR) is 101 cm³/mol. The summed E-state index contributed by atoms with van der Waals surface area (Å²) < 4.78 is 12.9. The number of hydrazine groups is 1. The Morgan fingerprint density at radius 3 is 2.70 bits per heavy atom. The van der Waals surface area contributed by atoms with Gasteiger partial charge in [0.1, 0.15) is 13.2 Å². The Kier molecular flexibility index (Phi) is 4.28. The van der Waals surface area contributed by atoms with Gasteiger partial charge < -0.3 is 15.2 Å². The zero-order chi connectivity index (χ0) is 19.0. The Labute approximate surface area is 156 Å². The molecule has 1 atom stereocenters. The van der Waals surface area contributed by atoms with Gasteiger partial charge in [-0.25, -0.2) is 15.8 Å². The lowest BCUT2D eigenvalue weighted by molar-refractivity contribution is 0.171. The van der Waals surface area contributed by atoms with E-state index in [0.29, 0.717) is 30.5 Å². The predicted octanol–water partition coefficient (Wildman–Crippen LogP) is 1.67. The molecule has 1 aliphatic heterocycles. The summed E-state index contributed by atoms with van der Waals surface area (Å²) in [6.07, 6.45) is 5.18. The Morgan fingerprint density at radius 1 is 1.19 bits per heavy atom. The molecule has 3 aromatic rings. The molecule has 0 radical (unpaired) electrons. The number of anilines is 2. The molecule has 27 heavy (non-hydrogen) atoms. The van der Waals surface area contributed by atoms with Crippen LogP contribution in [0, 0.1) is 0 Å². The topological polar surface area (TPSA) is 117 Å². The quantitative estimate of drug-likeness (QED) is 0.528. The fraction of sp³-hybridized carbons (Fsp3) is 0.278. The van der Waals surface area contributed by atoms with Gasteiger partial charge >= 0.3 is 0 Å². The third kappa shape index (κ3) is 3.24. The van der Waals surface area contributed by atoms with Crippen molar-refractivity contribution in [2.75, 3.05) is 24.0 Å². The van der Waals surface area contributed by atoms with E-state index in [4.69, 9.17) is 21.1 Å². The van der Waals surface area contributed by atoms with Crippen molar-refractivity contribution in [2.24, 2.45) is 12.9 Å². The first-order valence-electron chi connectivity index (χ1n) is 8.58. The average molecular weight is 367 g/mol. The third-order valence-electron chi connectivity index (χ3n) is 4.49. The summed E-state index contributed by atoms with van der Waals surface area (Å²) in [5, 5.41) is 5.67. The first-order valence-corrected chi connectivity index (χ1v) is 8.58. The zero-order valence-electron chi connectivity index (χ0n) is 15.2. The molecule has 0 fully saturated rings. The molecule has 9 nitrogen and oxygen atoms in total. The van der Waals surface area contributed by atoms with E-state index in [9.17, 15) is 0 Å². The highest BCUT2D eigenvalue weighted by molar-refractivity contribution is 5.65. The molecule has 0 bridgehead atoms. The minimum Gasteiger partial charge on any atom is -0.486 e. The van der Waals surface area contributed by atoms with Gasteiger partial charge in [0.15, 0.2) is 23.1 Å². The number of ether oxygens (including phenoxy) is 2. The number of nitrogens with zero attached hydrogens (tertiary/aromatic N) is 5. The molecule has 1 aliphatic rings. The van der Waals surface area contributed by atoms with Crippen LogP contribution in [0.1, 0.15) is 18.5 Å². The molecule has 0 saturated carbocycles. The number of nitrogen functional groups attached to an aromatic ring is 1. The average Bonchev–Trinajstić information content (AvgIpc) is 3.13. The van der Waals surface area contributed by atoms with Crippen molar-refractivity contribution in [2.45, 2.75) is 13.0 Å². The van der Waals surface area contributed by atoms with E-state index in [1.165, 1.54) is 5.01 Å². The summed E-state index contributed by atoms with van der Waals surface area (Å²) in [5.41, 5.74) is 8.48. The molecule has 0 amide bonds. The molecular weight excluding hydrogens is 346 g/mol. The van der Waals surface area contributed by atoms with Crippen LogP contribution >= 0.6 is 0 Å². The molecule has 2 aromatic heterocycles. The van der Waals surface area contributed by atoms with Crippen LogP contribution in [0.25, 0.3) is 11.3 Å². The van der Waals surface area contributed by atoms with Gasteiger partial charge in [-0.15, -0.1) is 0 Å². The molecular formula is C18H21N7O2. The molecule has 4 N–H and O–H groups in total. The molecule has 140 valence electrons. The number of fused-ring (bicyclic) bond motifs is 1. The van der Waals surface area contributed by atoms with Crippen LogP contribution in [0.2, 0.25) is 0 Å². The fourth-order valence-electron chi connectivity index (χ4n) is 2.94. The van der Waals surface area contributed by atoms with Gasteiger partial charge in [0.05, 0.1) is 24.1 Å². The third-order valence-corrected chi connectivity index (χ3v) is 4.49. The van der Waals surface area contributed by atoms with Crippen molar-refractivity contribution in [3.63, 3.8) is 0 Å². The summed E-state index contributed by atoms with van der Waals surface area (Å²) in [4.78, 5) is 8.84. The van der Waals surface area contributed by atoms with Crippen molar-refractivity contribution in [1.29, 1.82) is 0 Å². The normalized spacial score (nSPS) is 14.0. The highest BCUT2D eigenvalue weighted by Crippen LogP contribution is 2.35. The van der Waals surface area contributed by atoms with E-state index >= 15 is 0 Å². The van der Waals surface area contributed by atoms with Crippen molar-refractivity contribution < 1.29 is 9.47 Å². The maximum Gasteiger partial charge on any atom is 0.186 e. The molecule has 0 unspecified atom stereocenters. The number of aryl methyl sites for hydroxylation is 1. The molecule has 3 heterocycles. The first kappa shape index (κ1) is 17.1. The van der Waals surface area contributed by atoms with Crippen LogP contribution in [0.15, 0.2) is 36.8 Å². The molecule has 1 aromatic carbocycles. The first-order chi connectivity index (χ1) is 13.0. The number of hydrogen-bond donors (Lipinski definition) is 2. The van der Waals surface area contributed by atoms with Gasteiger partial charge in [0.2, 0.25) is 0 Å². The minimum absolute atomic E-state index is 0.207. The second-order valence-electron chi connectivity index (χ2n) is 6.35. The van der Waals surface area contributed by atoms with Crippen molar-refractivity contribution in [1.82, 2.24) is 19.7 Å². The van der Waals surface area contributed by atoms with Gasteiger partial charge in [-0.3, -0.25) is 9.69 Å². The highest BCUT2D eigenvalue weighted by Gasteiger charge is 2.21. The summed E-state index contributed by atoms with van der Waals surface area (Å²) in [7, 11) is 1.84. The Morgan fingerprint density at radius 2 is 1.96 bits per heavy atom. The monoisotopic (exact) mass is 367 g/mol. The van der Waals surface area contributed by atoms with Crippen molar-refractivity contribution >= 4 is 11.6 Å². The standard InChI is InChI=1S/C18H21N7O2/c1-11(12-3-4-15-16(7-12)27-6-5-26-15)25(20)18-17(19)21-9-14(23-18)13-8-22-24(2)10-13/h3-4,7-11H,5-6,20H2,1-2H3,(H2,19,21)/t11-/m0/s1. The lowest BCUT2D eigenvalue weighted by Gasteiger charge is -2.27.